The van der Waals surface area contributed by atoms with Crippen LogP contribution in [0.4, 0.5) is 11.4 Å². The molecule has 2 aromatic carbocycles. The number of hydrogen-bond donors (Lipinski definition) is 1. The number of fused-ring (bicyclic) bond motifs is 1. The van der Waals surface area contributed by atoms with Crippen LogP contribution in [0.15, 0.2) is 47.4 Å². The SMILES string of the molecule is CC1Cc2ccccc2N1S(=O)(=O)c1ccc(Cl)c(N)c1. The minimum absolute atomic E-state index is 0.121. The molecule has 0 fully saturated rings. The van der Waals surface area contributed by atoms with Crippen LogP contribution in [0.5, 0.6) is 0 Å². The topological polar surface area (TPSA) is 63.4 Å². The molecule has 2 N–H and O–H groups in total. The van der Waals surface area contributed by atoms with Crippen LogP contribution in [0.2, 0.25) is 5.02 Å². The lowest BCUT2D eigenvalue weighted by atomic mass is 10.1. The van der Waals surface area contributed by atoms with E-state index in [0.717, 1.165) is 11.3 Å². The van der Waals surface area contributed by atoms with Crippen LogP contribution < -0.4 is 10.0 Å². The summed E-state index contributed by atoms with van der Waals surface area (Å²) in [6.07, 6.45) is 0.707. The number of hydrogen-bond acceptors (Lipinski definition) is 3. The summed E-state index contributed by atoms with van der Waals surface area (Å²) in [4.78, 5) is 0.160. The molecule has 1 unspecified atom stereocenters. The van der Waals surface area contributed by atoms with E-state index in [0.29, 0.717) is 11.4 Å². The van der Waals surface area contributed by atoms with Crippen molar-refractivity contribution in [3.63, 3.8) is 0 Å². The highest BCUT2D eigenvalue weighted by atomic mass is 35.5. The highest BCUT2D eigenvalue weighted by Gasteiger charge is 2.35. The van der Waals surface area contributed by atoms with E-state index < -0.39 is 10.0 Å². The fourth-order valence-corrected chi connectivity index (χ4v) is 4.55. The van der Waals surface area contributed by atoms with Gasteiger partial charge in [-0.1, -0.05) is 29.8 Å². The Morgan fingerprint density at radius 2 is 1.95 bits per heavy atom. The van der Waals surface area contributed by atoms with E-state index in [1.165, 1.54) is 22.5 Å². The first-order valence-electron chi connectivity index (χ1n) is 6.58. The van der Waals surface area contributed by atoms with Crippen molar-refractivity contribution >= 4 is 33.0 Å². The number of sulfonamides is 1. The van der Waals surface area contributed by atoms with Crippen molar-refractivity contribution in [3.8, 4) is 0 Å². The molecule has 1 aliphatic heterocycles. The van der Waals surface area contributed by atoms with Crippen molar-refractivity contribution in [1.82, 2.24) is 0 Å². The summed E-state index contributed by atoms with van der Waals surface area (Å²) in [6, 6.07) is 11.8. The molecule has 0 aliphatic carbocycles. The monoisotopic (exact) mass is 322 g/mol. The van der Waals surface area contributed by atoms with Crippen molar-refractivity contribution < 1.29 is 8.42 Å². The summed E-state index contributed by atoms with van der Waals surface area (Å²) in [5, 5.41) is 0.351. The lowest BCUT2D eigenvalue weighted by Gasteiger charge is -2.24. The molecule has 2 aromatic rings. The third-order valence-electron chi connectivity index (χ3n) is 3.67. The quantitative estimate of drug-likeness (QED) is 0.864. The van der Waals surface area contributed by atoms with E-state index in [9.17, 15) is 8.42 Å². The van der Waals surface area contributed by atoms with Crippen LogP contribution in [-0.2, 0) is 16.4 Å². The number of nitrogens with zero attached hydrogens (tertiary/aromatic N) is 1. The average molecular weight is 323 g/mol. The van der Waals surface area contributed by atoms with E-state index >= 15 is 0 Å². The van der Waals surface area contributed by atoms with Gasteiger partial charge < -0.3 is 5.73 Å². The van der Waals surface area contributed by atoms with Crippen LogP contribution >= 0.6 is 11.6 Å². The number of nitrogens with two attached hydrogens (primary N) is 1. The molecule has 1 aliphatic rings. The van der Waals surface area contributed by atoms with Gasteiger partial charge in [-0.2, -0.15) is 0 Å². The Labute approximate surface area is 129 Å². The summed E-state index contributed by atoms with van der Waals surface area (Å²) >= 11 is 5.87. The van der Waals surface area contributed by atoms with Gasteiger partial charge in [0, 0.05) is 6.04 Å². The second-order valence-corrected chi connectivity index (χ2v) is 7.39. The normalized spacial score (nSPS) is 17.8. The summed E-state index contributed by atoms with van der Waals surface area (Å²) in [7, 11) is -3.65. The summed E-state index contributed by atoms with van der Waals surface area (Å²) < 4.78 is 27.3. The molecule has 3 rings (SSSR count). The second kappa shape index (κ2) is 4.93. The van der Waals surface area contributed by atoms with Crippen LogP contribution in [0.3, 0.4) is 0 Å². The van der Waals surface area contributed by atoms with E-state index in [4.69, 9.17) is 17.3 Å². The van der Waals surface area contributed by atoms with E-state index in [1.807, 2.05) is 31.2 Å². The second-order valence-electron chi connectivity index (χ2n) is 5.17. The van der Waals surface area contributed by atoms with Gasteiger partial charge in [0.25, 0.3) is 10.0 Å². The lowest BCUT2D eigenvalue weighted by molar-refractivity contribution is 0.584. The van der Waals surface area contributed by atoms with Gasteiger partial charge in [0.1, 0.15) is 0 Å². The maximum absolute atomic E-state index is 12.9. The first-order chi connectivity index (χ1) is 9.91. The molecule has 0 radical (unpaired) electrons. The first kappa shape index (κ1) is 14.2. The Morgan fingerprint density at radius 3 is 2.67 bits per heavy atom. The Hall–Kier alpha value is -1.72. The summed E-state index contributed by atoms with van der Waals surface area (Å²) in [5.41, 5.74) is 7.76. The van der Waals surface area contributed by atoms with Crippen LogP contribution in [0.1, 0.15) is 12.5 Å². The molecule has 1 heterocycles. The van der Waals surface area contributed by atoms with Crippen LogP contribution in [-0.4, -0.2) is 14.5 Å². The average Bonchev–Trinajstić information content (AvgIpc) is 2.78. The van der Waals surface area contributed by atoms with E-state index in [-0.39, 0.29) is 16.6 Å². The van der Waals surface area contributed by atoms with Gasteiger partial charge in [-0.25, -0.2) is 8.42 Å². The smallest absolute Gasteiger partial charge is 0.264 e. The number of rotatable bonds is 2. The minimum Gasteiger partial charge on any atom is -0.397 e. The van der Waals surface area contributed by atoms with Gasteiger partial charge in [0.2, 0.25) is 0 Å². The number of halogens is 1. The highest BCUT2D eigenvalue weighted by molar-refractivity contribution is 7.92. The third kappa shape index (κ3) is 2.26. The number of benzene rings is 2. The molecule has 110 valence electrons. The van der Waals surface area contributed by atoms with Gasteiger partial charge in [0.05, 0.1) is 21.3 Å². The van der Waals surface area contributed by atoms with E-state index in [1.54, 1.807) is 0 Å². The fraction of sp³-hybridized carbons (Fsp3) is 0.200. The zero-order valence-electron chi connectivity index (χ0n) is 11.5. The molecule has 0 bridgehead atoms. The Balaban J connectivity index is 2.12. The zero-order valence-corrected chi connectivity index (χ0v) is 13.0. The molecule has 0 spiro atoms. The summed E-state index contributed by atoms with van der Waals surface area (Å²) in [6.45, 7) is 1.90. The highest BCUT2D eigenvalue weighted by Crippen LogP contribution is 2.37. The van der Waals surface area contributed by atoms with E-state index in [2.05, 4.69) is 0 Å². The molecule has 21 heavy (non-hydrogen) atoms. The molecule has 0 amide bonds. The van der Waals surface area contributed by atoms with Gasteiger partial charge in [-0.15, -0.1) is 0 Å². The maximum Gasteiger partial charge on any atom is 0.264 e. The number of para-hydroxylation sites is 1. The Morgan fingerprint density at radius 1 is 1.24 bits per heavy atom. The standard InChI is InChI=1S/C15H15ClN2O2S/c1-10-8-11-4-2-3-5-15(11)18(10)21(19,20)12-6-7-13(16)14(17)9-12/h2-7,9-10H,8,17H2,1H3. The van der Waals surface area contributed by atoms with Crippen LogP contribution in [0, 0.1) is 0 Å². The van der Waals surface area contributed by atoms with Crippen molar-refractivity contribution in [1.29, 1.82) is 0 Å². The predicted molar refractivity (Wildman–Crippen MR) is 85.1 cm³/mol. The molecule has 0 saturated carbocycles. The molecule has 1 atom stereocenters. The fourth-order valence-electron chi connectivity index (χ4n) is 2.70. The third-order valence-corrected chi connectivity index (χ3v) is 5.94. The minimum atomic E-state index is -3.65. The molecular weight excluding hydrogens is 308 g/mol. The first-order valence-corrected chi connectivity index (χ1v) is 8.40. The lowest BCUT2D eigenvalue weighted by Crippen LogP contribution is -2.35. The molecular formula is C15H15ClN2O2S. The van der Waals surface area contributed by atoms with Crippen LogP contribution in [0.25, 0.3) is 0 Å². The summed E-state index contributed by atoms with van der Waals surface area (Å²) in [5.74, 6) is 0. The Kier molecular flexibility index (Phi) is 3.34. The molecule has 6 heteroatoms. The maximum atomic E-state index is 12.9. The van der Waals surface area contributed by atoms with Crippen molar-refractivity contribution in [2.45, 2.75) is 24.3 Å². The van der Waals surface area contributed by atoms with Crippen molar-refractivity contribution in [2.24, 2.45) is 0 Å². The molecule has 0 aromatic heterocycles. The number of anilines is 2. The molecule has 0 saturated heterocycles. The van der Waals surface area contributed by atoms with Gasteiger partial charge in [-0.05, 0) is 43.2 Å². The molecule has 4 nitrogen and oxygen atoms in total. The van der Waals surface area contributed by atoms with Crippen molar-refractivity contribution in [3.05, 3.63) is 53.1 Å². The van der Waals surface area contributed by atoms with Crippen molar-refractivity contribution in [2.75, 3.05) is 10.0 Å². The largest absolute Gasteiger partial charge is 0.397 e. The Bertz CT molecular complexity index is 805. The number of nitrogen functional groups attached to an aromatic ring is 1. The van der Waals surface area contributed by atoms with Gasteiger partial charge in [0.15, 0.2) is 0 Å². The zero-order chi connectivity index (χ0) is 15.2. The predicted octanol–water partition coefficient (Wildman–Crippen LogP) is 3.06. The van der Waals surface area contributed by atoms with Gasteiger partial charge in [-0.3, -0.25) is 4.31 Å². The van der Waals surface area contributed by atoms with Gasteiger partial charge >= 0.3 is 0 Å².